The molecule has 0 amide bonds. The largest absolute Gasteiger partial charge is 0.497 e. The monoisotopic (exact) mass is 272 g/mol. The lowest BCUT2D eigenvalue weighted by atomic mass is 10.2. The van der Waals surface area contributed by atoms with E-state index in [9.17, 15) is 0 Å². The molecule has 1 aromatic heterocycles. The van der Waals surface area contributed by atoms with Gasteiger partial charge >= 0.3 is 0 Å². The number of methoxy groups -OCH3 is 1. The number of rotatable bonds is 1. The van der Waals surface area contributed by atoms with Gasteiger partial charge < -0.3 is 4.74 Å². The summed E-state index contributed by atoms with van der Waals surface area (Å²) in [5.74, 6) is 0.741. The Morgan fingerprint density at radius 1 is 1.36 bits per heavy atom. The molecule has 0 aliphatic carbocycles. The van der Waals surface area contributed by atoms with Crippen molar-refractivity contribution in [3.8, 4) is 5.75 Å². The molecular formula is C9H6BrClN2O. The number of benzene rings is 1. The molecule has 2 rings (SSSR count). The van der Waals surface area contributed by atoms with E-state index in [1.165, 1.54) is 0 Å². The second kappa shape index (κ2) is 3.71. The van der Waals surface area contributed by atoms with E-state index in [1.807, 2.05) is 18.2 Å². The highest BCUT2D eigenvalue weighted by atomic mass is 79.9. The molecule has 0 aliphatic rings. The second-order valence-corrected chi connectivity index (χ2v) is 3.73. The molecule has 72 valence electrons. The van der Waals surface area contributed by atoms with E-state index in [4.69, 9.17) is 16.3 Å². The predicted octanol–water partition coefficient (Wildman–Crippen LogP) is 3.05. The second-order valence-electron chi connectivity index (χ2n) is 2.67. The molecule has 0 saturated carbocycles. The summed E-state index contributed by atoms with van der Waals surface area (Å²) in [4.78, 5) is 8.17. The van der Waals surface area contributed by atoms with E-state index in [-0.39, 0.29) is 0 Å². The molecule has 14 heavy (non-hydrogen) atoms. The molecule has 0 bridgehead atoms. The Morgan fingerprint density at radius 3 is 2.86 bits per heavy atom. The van der Waals surface area contributed by atoms with Crippen LogP contribution in [0.25, 0.3) is 10.9 Å². The van der Waals surface area contributed by atoms with Crippen molar-refractivity contribution in [2.45, 2.75) is 0 Å². The van der Waals surface area contributed by atoms with Crippen LogP contribution in [0.15, 0.2) is 22.9 Å². The zero-order valence-corrected chi connectivity index (χ0v) is 9.63. The average molecular weight is 274 g/mol. The van der Waals surface area contributed by atoms with Crippen LogP contribution in [0.5, 0.6) is 5.75 Å². The Bertz CT molecular complexity index is 489. The van der Waals surface area contributed by atoms with Gasteiger partial charge in [-0.2, -0.15) is 0 Å². The van der Waals surface area contributed by atoms with Crippen molar-refractivity contribution in [1.82, 2.24) is 9.97 Å². The fourth-order valence-corrected chi connectivity index (χ4v) is 1.87. The molecule has 0 aliphatic heterocycles. The topological polar surface area (TPSA) is 35.0 Å². The van der Waals surface area contributed by atoms with Crippen LogP contribution < -0.4 is 4.74 Å². The van der Waals surface area contributed by atoms with Gasteiger partial charge in [-0.3, -0.25) is 0 Å². The Balaban J connectivity index is 2.75. The molecule has 2 aromatic rings. The molecule has 0 unspecified atom stereocenters. The van der Waals surface area contributed by atoms with Gasteiger partial charge in [0.1, 0.15) is 10.9 Å². The summed E-state index contributed by atoms with van der Waals surface area (Å²) in [5, 5.41) is 1.20. The zero-order chi connectivity index (χ0) is 10.1. The van der Waals surface area contributed by atoms with Crippen LogP contribution >= 0.6 is 27.5 Å². The van der Waals surface area contributed by atoms with E-state index in [0.29, 0.717) is 9.89 Å². The lowest BCUT2D eigenvalue weighted by Gasteiger charge is -2.03. The molecular weight excluding hydrogens is 267 g/mol. The van der Waals surface area contributed by atoms with Gasteiger partial charge in [0.2, 0.25) is 0 Å². The van der Waals surface area contributed by atoms with E-state index in [1.54, 1.807) is 7.11 Å². The Kier molecular flexibility index (Phi) is 2.56. The normalized spacial score (nSPS) is 10.5. The fraction of sp³-hybridized carbons (Fsp3) is 0.111. The van der Waals surface area contributed by atoms with Gasteiger partial charge in [-0.15, -0.1) is 0 Å². The number of nitrogens with zero attached hydrogens (tertiary/aromatic N) is 2. The van der Waals surface area contributed by atoms with Crippen LogP contribution in [0, 0.1) is 0 Å². The van der Waals surface area contributed by atoms with Crippen molar-refractivity contribution in [1.29, 1.82) is 0 Å². The van der Waals surface area contributed by atoms with Gasteiger partial charge in [0, 0.05) is 5.39 Å². The minimum Gasteiger partial charge on any atom is -0.497 e. The molecule has 0 radical (unpaired) electrons. The molecule has 0 spiro atoms. The maximum Gasteiger partial charge on any atom is 0.198 e. The third-order valence-electron chi connectivity index (χ3n) is 1.83. The van der Waals surface area contributed by atoms with Crippen LogP contribution in [-0.2, 0) is 0 Å². The first kappa shape index (κ1) is 9.68. The Labute approximate surface area is 94.2 Å². The smallest absolute Gasteiger partial charge is 0.198 e. The first-order valence-electron chi connectivity index (χ1n) is 3.87. The van der Waals surface area contributed by atoms with Gasteiger partial charge in [0.25, 0.3) is 0 Å². The van der Waals surface area contributed by atoms with E-state index < -0.39 is 0 Å². The number of hydrogen-bond acceptors (Lipinski definition) is 3. The number of fused-ring (bicyclic) bond motifs is 1. The quantitative estimate of drug-likeness (QED) is 0.592. The van der Waals surface area contributed by atoms with Gasteiger partial charge in [-0.25, -0.2) is 9.97 Å². The number of halogens is 2. The van der Waals surface area contributed by atoms with Crippen LogP contribution in [0.2, 0.25) is 5.15 Å². The van der Waals surface area contributed by atoms with Gasteiger partial charge in [0.15, 0.2) is 4.73 Å². The van der Waals surface area contributed by atoms with Crippen molar-refractivity contribution in [3.05, 3.63) is 28.1 Å². The third-order valence-corrected chi connectivity index (χ3v) is 2.47. The lowest BCUT2D eigenvalue weighted by molar-refractivity contribution is 0.415. The van der Waals surface area contributed by atoms with Crippen molar-refractivity contribution in [3.63, 3.8) is 0 Å². The number of aromatic nitrogens is 2. The molecule has 3 nitrogen and oxygen atoms in total. The van der Waals surface area contributed by atoms with Crippen LogP contribution in [-0.4, -0.2) is 17.1 Å². The van der Waals surface area contributed by atoms with Crippen molar-refractivity contribution in [2.75, 3.05) is 7.11 Å². The third kappa shape index (κ3) is 1.67. The highest BCUT2D eigenvalue weighted by Gasteiger charge is 2.05. The van der Waals surface area contributed by atoms with Gasteiger partial charge in [-0.05, 0) is 34.1 Å². The van der Waals surface area contributed by atoms with Crippen LogP contribution in [0.3, 0.4) is 0 Å². The van der Waals surface area contributed by atoms with E-state index in [0.717, 1.165) is 16.7 Å². The Morgan fingerprint density at radius 2 is 2.14 bits per heavy atom. The summed E-state index contributed by atoms with van der Waals surface area (Å²) in [7, 11) is 1.61. The summed E-state index contributed by atoms with van der Waals surface area (Å²) >= 11 is 9.14. The minimum atomic E-state index is 0.417. The molecule has 0 saturated heterocycles. The maximum atomic E-state index is 5.95. The molecule has 5 heteroatoms. The van der Waals surface area contributed by atoms with Crippen molar-refractivity contribution >= 4 is 38.4 Å². The van der Waals surface area contributed by atoms with Crippen molar-refractivity contribution in [2.24, 2.45) is 0 Å². The standard InChI is InChI=1S/C9H6BrClN2O/c1-14-5-2-3-7-6(4-5)8(11)13-9(10)12-7/h2-4H,1H3. The molecule has 0 atom stereocenters. The van der Waals surface area contributed by atoms with Crippen LogP contribution in [0.1, 0.15) is 0 Å². The number of hydrogen-bond donors (Lipinski definition) is 0. The predicted molar refractivity (Wildman–Crippen MR) is 58.8 cm³/mol. The SMILES string of the molecule is COc1ccc2nc(Br)nc(Cl)c2c1. The van der Waals surface area contributed by atoms with Gasteiger partial charge in [0.05, 0.1) is 12.6 Å². The number of ether oxygens (including phenoxy) is 1. The fourth-order valence-electron chi connectivity index (χ4n) is 1.17. The summed E-state index contributed by atoms with van der Waals surface area (Å²) < 4.78 is 5.57. The van der Waals surface area contributed by atoms with Crippen molar-refractivity contribution < 1.29 is 4.74 Å². The summed E-state index contributed by atoms with van der Waals surface area (Å²) in [6.45, 7) is 0. The average Bonchev–Trinajstić information content (AvgIpc) is 2.17. The lowest BCUT2D eigenvalue weighted by Crippen LogP contribution is -1.88. The highest BCUT2D eigenvalue weighted by molar-refractivity contribution is 9.10. The van der Waals surface area contributed by atoms with E-state index in [2.05, 4.69) is 25.9 Å². The summed E-state index contributed by atoms with van der Waals surface area (Å²) in [6.07, 6.45) is 0. The van der Waals surface area contributed by atoms with Gasteiger partial charge in [-0.1, -0.05) is 11.6 Å². The molecule has 0 fully saturated rings. The highest BCUT2D eigenvalue weighted by Crippen LogP contribution is 2.25. The Hall–Kier alpha value is -0.870. The zero-order valence-electron chi connectivity index (χ0n) is 7.29. The summed E-state index contributed by atoms with van der Waals surface area (Å²) in [5.41, 5.74) is 0.790. The first-order valence-corrected chi connectivity index (χ1v) is 5.04. The molecule has 1 heterocycles. The molecule has 0 N–H and O–H groups in total. The van der Waals surface area contributed by atoms with E-state index >= 15 is 0 Å². The molecule has 1 aromatic carbocycles. The maximum absolute atomic E-state index is 5.95. The van der Waals surface area contributed by atoms with Crippen LogP contribution in [0.4, 0.5) is 0 Å². The first-order chi connectivity index (χ1) is 6.70. The minimum absolute atomic E-state index is 0.417. The summed E-state index contributed by atoms with van der Waals surface area (Å²) in [6, 6.07) is 5.48.